The zero-order valence-corrected chi connectivity index (χ0v) is 16.4. The van der Waals surface area contributed by atoms with Gasteiger partial charge in [-0.25, -0.2) is 0 Å². The van der Waals surface area contributed by atoms with Gasteiger partial charge < -0.3 is 0 Å². The summed E-state index contributed by atoms with van der Waals surface area (Å²) in [6, 6.07) is 7.41. The summed E-state index contributed by atoms with van der Waals surface area (Å²) < 4.78 is 27.7. The first-order valence-electron chi connectivity index (χ1n) is 6.50. The molecule has 0 heterocycles. The number of nitrogens with zero attached hydrogens (tertiary/aromatic N) is 1. The summed E-state index contributed by atoms with van der Waals surface area (Å²) in [6.45, 7) is 2.23. The fourth-order valence-electron chi connectivity index (χ4n) is 1.79. The first-order chi connectivity index (χ1) is 8.48. The molecule has 102 valence electrons. The summed E-state index contributed by atoms with van der Waals surface area (Å²) in [4.78, 5) is 0.389. The van der Waals surface area contributed by atoms with E-state index < -0.39 is 31.2 Å². The summed E-state index contributed by atoms with van der Waals surface area (Å²) in [6.07, 6.45) is 2.65. The van der Waals surface area contributed by atoms with E-state index in [0.29, 0.717) is 4.90 Å². The molecule has 0 atom stereocenters. The third-order valence-corrected chi connectivity index (χ3v) is 10.4. The van der Waals surface area contributed by atoms with Crippen molar-refractivity contribution in [2.75, 3.05) is 14.1 Å². The number of rotatable bonds is 7. The third kappa shape index (κ3) is 4.55. The fraction of sp³-hybridized carbons (Fsp3) is 0.538. The molecule has 1 aromatic carbocycles. The number of hydrogen-bond acceptors (Lipinski definition) is 2. The van der Waals surface area contributed by atoms with E-state index in [1.807, 2.05) is 12.1 Å². The van der Waals surface area contributed by atoms with E-state index in [9.17, 15) is 8.42 Å². The third-order valence-electron chi connectivity index (χ3n) is 3.02. The van der Waals surface area contributed by atoms with Gasteiger partial charge in [0.15, 0.2) is 0 Å². The van der Waals surface area contributed by atoms with Gasteiger partial charge in [0, 0.05) is 0 Å². The first kappa shape index (κ1) is 16.0. The van der Waals surface area contributed by atoms with Gasteiger partial charge in [-0.2, -0.15) is 0 Å². The predicted octanol–water partition coefficient (Wildman–Crippen LogP) is 1.82. The molecule has 0 aliphatic carbocycles. The second-order valence-electron chi connectivity index (χ2n) is 4.74. The summed E-state index contributed by atoms with van der Waals surface area (Å²) in [5, 5.41) is 0. The zero-order valence-electron chi connectivity index (χ0n) is 11.5. The molecule has 0 amide bonds. The topological polar surface area (TPSA) is 37.4 Å². The molecule has 0 saturated carbocycles. The van der Waals surface area contributed by atoms with Crippen molar-refractivity contribution in [3.05, 3.63) is 29.8 Å². The van der Waals surface area contributed by atoms with Crippen LogP contribution in [0.4, 0.5) is 0 Å². The van der Waals surface area contributed by atoms with Crippen LogP contribution in [0.1, 0.15) is 25.3 Å². The van der Waals surface area contributed by atoms with Gasteiger partial charge >= 0.3 is 121 Å². The Morgan fingerprint density at radius 1 is 1.17 bits per heavy atom. The Morgan fingerprint density at radius 3 is 2.28 bits per heavy atom. The van der Waals surface area contributed by atoms with E-state index in [0.717, 1.165) is 0 Å². The maximum absolute atomic E-state index is 11.9. The molecule has 0 bridgehead atoms. The molecule has 5 heteroatoms. The zero-order chi connectivity index (χ0) is 13.6. The van der Waals surface area contributed by atoms with E-state index in [4.69, 9.17) is 0 Å². The van der Waals surface area contributed by atoms with Crippen LogP contribution in [-0.2, 0) is 14.5 Å². The van der Waals surface area contributed by atoms with Gasteiger partial charge in [-0.3, -0.25) is 0 Å². The SMILES string of the molecule is CCC[CH2][SnH2][CH2]c1ccc(S(=O)(=O)N(C)C)cc1. The van der Waals surface area contributed by atoms with E-state index in [-0.39, 0.29) is 0 Å². The molecule has 18 heavy (non-hydrogen) atoms. The van der Waals surface area contributed by atoms with Crippen LogP contribution in [0.3, 0.4) is 0 Å². The van der Waals surface area contributed by atoms with Crippen LogP contribution in [-0.4, -0.2) is 48.0 Å². The van der Waals surface area contributed by atoms with Gasteiger partial charge in [0.2, 0.25) is 0 Å². The Labute approximate surface area is 121 Å². The molecule has 3 nitrogen and oxygen atoms in total. The number of sulfonamides is 1. The average molecular weight is 376 g/mol. The van der Waals surface area contributed by atoms with Crippen LogP contribution < -0.4 is 0 Å². The molecular weight excluding hydrogens is 353 g/mol. The van der Waals surface area contributed by atoms with E-state index >= 15 is 0 Å². The van der Waals surface area contributed by atoms with Crippen molar-refractivity contribution in [1.82, 2.24) is 4.31 Å². The molecule has 0 aliphatic heterocycles. The van der Waals surface area contributed by atoms with Crippen molar-refractivity contribution in [1.29, 1.82) is 0 Å². The molecule has 0 aromatic heterocycles. The van der Waals surface area contributed by atoms with Gasteiger partial charge in [0.05, 0.1) is 0 Å². The van der Waals surface area contributed by atoms with Crippen LogP contribution in [0, 0.1) is 0 Å². The minimum absolute atomic E-state index is 0.389. The number of hydrogen-bond donors (Lipinski definition) is 0. The fourth-order valence-corrected chi connectivity index (χ4v) is 7.96. The normalized spacial score (nSPS) is 12.7. The van der Waals surface area contributed by atoms with Crippen LogP contribution >= 0.6 is 0 Å². The van der Waals surface area contributed by atoms with Gasteiger partial charge in [-0.15, -0.1) is 0 Å². The van der Waals surface area contributed by atoms with Gasteiger partial charge in [0.25, 0.3) is 0 Å². The summed E-state index contributed by atoms with van der Waals surface area (Å²) in [5.41, 5.74) is 1.31. The summed E-state index contributed by atoms with van der Waals surface area (Å²) >= 11 is -0.631. The van der Waals surface area contributed by atoms with Crippen LogP contribution in [0.15, 0.2) is 29.2 Å². The summed E-state index contributed by atoms with van der Waals surface area (Å²) in [5.74, 6) is 0. The van der Waals surface area contributed by atoms with Crippen LogP contribution in [0.2, 0.25) is 4.44 Å². The Bertz CT molecular complexity index is 454. The first-order valence-corrected chi connectivity index (χ1v) is 13.6. The van der Waals surface area contributed by atoms with Crippen LogP contribution in [0.5, 0.6) is 0 Å². The number of benzene rings is 1. The monoisotopic (exact) mass is 377 g/mol. The Morgan fingerprint density at radius 2 is 1.78 bits per heavy atom. The predicted molar refractivity (Wildman–Crippen MR) is 79.3 cm³/mol. The second kappa shape index (κ2) is 7.50. The van der Waals surface area contributed by atoms with Crippen molar-refractivity contribution in [2.45, 2.75) is 33.5 Å². The molecule has 0 aliphatic rings. The standard InChI is InChI=1S/C9H12NO2S.C4H9.Sn.2H/c1-8-4-6-9(7-5-8)13(11,12)10(2)3;1-3-4-2;;;/h4-7H,1H2,2-3H3;1,3-4H2,2H3;;;. The van der Waals surface area contributed by atoms with Gasteiger partial charge in [0.1, 0.15) is 0 Å². The van der Waals surface area contributed by atoms with Crippen LogP contribution in [0.25, 0.3) is 0 Å². The molecule has 0 radical (unpaired) electrons. The van der Waals surface area contributed by atoms with Crippen molar-refractivity contribution in [3.63, 3.8) is 0 Å². The van der Waals surface area contributed by atoms with E-state index in [2.05, 4.69) is 6.92 Å². The van der Waals surface area contributed by atoms with Gasteiger partial charge in [-0.1, -0.05) is 0 Å². The molecule has 0 fully saturated rings. The average Bonchev–Trinajstić information content (AvgIpc) is 2.35. The maximum atomic E-state index is 11.9. The Balaban J connectivity index is 2.63. The number of unbranched alkanes of at least 4 members (excludes halogenated alkanes) is 1. The minimum atomic E-state index is -3.27. The van der Waals surface area contributed by atoms with E-state index in [1.54, 1.807) is 26.2 Å². The summed E-state index contributed by atoms with van der Waals surface area (Å²) in [7, 11) is -0.152. The molecule has 0 saturated heterocycles. The van der Waals surface area contributed by atoms with E-state index in [1.165, 1.54) is 31.6 Å². The molecule has 0 unspecified atom stereocenters. The Kier molecular flexibility index (Phi) is 6.66. The van der Waals surface area contributed by atoms with Crippen molar-refractivity contribution in [2.24, 2.45) is 0 Å². The molecule has 1 aromatic rings. The molecular formula is C13H23NO2SSn. The van der Waals surface area contributed by atoms with Gasteiger partial charge in [-0.05, 0) is 0 Å². The molecule has 0 spiro atoms. The van der Waals surface area contributed by atoms with Crippen molar-refractivity contribution < 1.29 is 8.42 Å². The molecule has 1 rings (SSSR count). The van der Waals surface area contributed by atoms with Crippen molar-refractivity contribution in [3.8, 4) is 0 Å². The second-order valence-corrected chi connectivity index (χ2v) is 12.4. The quantitative estimate of drug-likeness (QED) is 0.538. The Hall–Kier alpha value is -0.0713. The molecule has 0 N–H and O–H groups in total. The van der Waals surface area contributed by atoms with Crippen molar-refractivity contribution >= 4 is 31.2 Å².